The molecule has 1 amide bonds. The first-order chi connectivity index (χ1) is 11.6. The van der Waals surface area contributed by atoms with E-state index in [1.807, 2.05) is 56.3 Å². The molecule has 1 aliphatic heterocycles. The Balaban J connectivity index is 0.00000225. The minimum atomic E-state index is -0.225. The summed E-state index contributed by atoms with van der Waals surface area (Å²) in [5, 5.41) is 3.13. The van der Waals surface area contributed by atoms with E-state index in [1.54, 1.807) is 0 Å². The summed E-state index contributed by atoms with van der Waals surface area (Å²) < 4.78 is 0. The molecule has 0 radical (unpaired) electrons. The van der Waals surface area contributed by atoms with Crippen LogP contribution in [0, 0.1) is 0 Å². The van der Waals surface area contributed by atoms with Crippen LogP contribution in [0.15, 0.2) is 48.5 Å². The summed E-state index contributed by atoms with van der Waals surface area (Å²) in [4.78, 5) is 14.9. The van der Waals surface area contributed by atoms with E-state index in [4.69, 9.17) is 5.73 Å². The van der Waals surface area contributed by atoms with Gasteiger partial charge in [-0.2, -0.15) is 0 Å². The molecule has 4 nitrogen and oxygen atoms in total. The van der Waals surface area contributed by atoms with E-state index in [2.05, 4.69) is 16.3 Å². The van der Waals surface area contributed by atoms with E-state index in [0.29, 0.717) is 0 Å². The van der Waals surface area contributed by atoms with Gasteiger partial charge in [0, 0.05) is 17.9 Å². The molecule has 0 aromatic heterocycles. The minimum Gasteiger partial charge on any atom is -0.398 e. The molecule has 25 heavy (non-hydrogen) atoms. The third-order valence-electron chi connectivity index (χ3n) is 4.83. The second kappa shape index (κ2) is 8.26. The van der Waals surface area contributed by atoms with E-state index in [-0.39, 0.29) is 30.4 Å². The summed E-state index contributed by atoms with van der Waals surface area (Å²) in [6, 6.07) is 15.8. The average Bonchev–Trinajstić information content (AvgIpc) is 2.61. The molecule has 0 bridgehead atoms. The topological polar surface area (TPSA) is 58.4 Å². The number of nitrogens with two attached hydrogens (primary N) is 1. The highest BCUT2D eigenvalue weighted by atomic mass is 35.5. The zero-order valence-corrected chi connectivity index (χ0v) is 15.6. The maximum atomic E-state index is 12.7. The molecular formula is C20H26ClN3O. The van der Waals surface area contributed by atoms with Crippen LogP contribution in [0.2, 0.25) is 0 Å². The standard InChI is InChI=1S/C20H25N3O.ClH/c1-14(16-8-4-3-5-9-16)22-20(24)15(2)23-13-7-10-17-18(21)11-6-12-19(17)23;/h3-6,8-9,11-12,14-15H,7,10,13,21H2,1-2H3,(H,22,24);1H. The number of nitrogens with zero attached hydrogens (tertiary/aromatic N) is 1. The highest BCUT2D eigenvalue weighted by Crippen LogP contribution is 2.32. The van der Waals surface area contributed by atoms with Gasteiger partial charge in [-0.3, -0.25) is 4.79 Å². The number of halogens is 1. The maximum absolute atomic E-state index is 12.7. The number of amides is 1. The molecule has 0 saturated carbocycles. The minimum absolute atomic E-state index is 0. The van der Waals surface area contributed by atoms with Crippen LogP contribution in [0.25, 0.3) is 0 Å². The van der Waals surface area contributed by atoms with Crippen molar-refractivity contribution in [2.24, 2.45) is 0 Å². The molecule has 5 heteroatoms. The van der Waals surface area contributed by atoms with Crippen molar-refractivity contribution < 1.29 is 4.79 Å². The lowest BCUT2D eigenvalue weighted by atomic mass is 9.98. The van der Waals surface area contributed by atoms with Crippen LogP contribution in [0.1, 0.15) is 37.4 Å². The van der Waals surface area contributed by atoms with Crippen molar-refractivity contribution in [3.8, 4) is 0 Å². The Morgan fingerprint density at radius 1 is 1.12 bits per heavy atom. The number of hydrogen-bond acceptors (Lipinski definition) is 3. The quantitative estimate of drug-likeness (QED) is 0.818. The number of carbonyl (C=O) groups is 1. The fourth-order valence-corrected chi connectivity index (χ4v) is 3.38. The predicted octanol–water partition coefficient (Wildman–Crippen LogP) is 3.71. The number of anilines is 2. The first kappa shape index (κ1) is 19.1. The molecule has 0 spiro atoms. The van der Waals surface area contributed by atoms with Crippen molar-refractivity contribution in [2.45, 2.75) is 38.8 Å². The molecule has 1 aliphatic rings. The summed E-state index contributed by atoms with van der Waals surface area (Å²) >= 11 is 0. The molecule has 0 aliphatic carbocycles. The van der Waals surface area contributed by atoms with Crippen molar-refractivity contribution in [1.29, 1.82) is 0 Å². The fraction of sp³-hybridized carbons (Fsp3) is 0.350. The normalized spacial score (nSPS) is 15.5. The zero-order valence-electron chi connectivity index (χ0n) is 14.7. The van der Waals surface area contributed by atoms with Gasteiger partial charge in [0.15, 0.2) is 0 Å². The van der Waals surface area contributed by atoms with E-state index in [0.717, 1.165) is 36.3 Å². The molecule has 2 aromatic rings. The Hall–Kier alpha value is -2.20. The summed E-state index contributed by atoms with van der Waals surface area (Å²) in [6.45, 7) is 4.86. The average molecular weight is 360 g/mol. The number of carbonyl (C=O) groups excluding carboxylic acids is 1. The lowest BCUT2D eigenvalue weighted by Crippen LogP contribution is -2.47. The summed E-state index contributed by atoms with van der Waals surface area (Å²) in [5.41, 5.74) is 10.3. The number of hydrogen-bond donors (Lipinski definition) is 2. The lowest BCUT2D eigenvalue weighted by molar-refractivity contribution is -0.122. The smallest absolute Gasteiger partial charge is 0.242 e. The van der Waals surface area contributed by atoms with Crippen LogP contribution >= 0.6 is 12.4 Å². The van der Waals surface area contributed by atoms with Gasteiger partial charge in [0.25, 0.3) is 0 Å². The summed E-state index contributed by atoms with van der Waals surface area (Å²) in [5.74, 6) is 0.0432. The Morgan fingerprint density at radius 3 is 2.56 bits per heavy atom. The van der Waals surface area contributed by atoms with Gasteiger partial charge in [-0.05, 0) is 49.9 Å². The van der Waals surface area contributed by atoms with Crippen molar-refractivity contribution in [2.75, 3.05) is 17.2 Å². The van der Waals surface area contributed by atoms with Gasteiger partial charge < -0.3 is 16.0 Å². The van der Waals surface area contributed by atoms with E-state index >= 15 is 0 Å². The van der Waals surface area contributed by atoms with Crippen LogP contribution in [-0.2, 0) is 11.2 Å². The summed E-state index contributed by atoms with van der Waals surface area (Å²) in [6.07, 6.45) is 2.00. The van der Waals surface area contributed by atoms with Crippen molar-refractivity contribution in [3.63, 3.8) is 0 Å². The number of rotatable bonds is 4. The predicted molar refractivity (Wildman–Crippen MR) is 106 cm³/mol. The Morgan fingerprint density at radius 2 is 1.84 bits per heavy atom. The number of nitrogen functional groups attached to an aromatic ring is 1. The molecule has 0 saturated heterocycles. The lowest BCUT2D eigenvalue weighted by Gasteiger charge is -2.36. The zero-order chi connectivity index (χ0) is 17.1. The first-order valence-corrected chi connectivity index (χ1v) is 8.57. The number of nitrogens with one attached hydrogen (secondary N) is 1. The van der Waals surface area contributed by atoms with E-state index in [9.17, 15) is 4.79 Å². The Labute approximate surface area is 155 Å². The monoisotopic (exact) mass is 359 g/mol. The van der Waals surface area contributed by atoms with Crippen molar-refractivity contribution in [3.05, 3.63) is 59.7 Å². The molecule has 0 fully saturated rings. The van der Waals surface area contributed by atoms with Gasteiger partial charge >= 0.3 is 0 Å². The van der Waals surface area contributed by atoms with Gasteiger partial charge in [-0.15, -0.1) is 12.4 Å². The van der Waals surface area contributed by atoms with Crippen LogP contribution < -0.4 is 16.0 Å². The SMILES string of the molecule is CC(NC(=O)C(C)N1CCCc2c(N)cccc21)c1ccccc1.Cl. The molecule has 3 N–H and O–H groups in total. The van der Waals surface area contributed by atoms with Crippen LogP contribution in [-0.4, -0.2) is 18.5 Å². The van der Waals surface area contributed by atoms with Gasteiger partial charge in [-0.25, -0.2) is 0 Å². The molecule has 2 aromatic carbocycles. The molecule has 3 rings (SSSR count). The van der Waals surface area contributed by atoms with Crippen molar-refractivity contribution >= 4 is 29.7 Å². The molecule has 2 atom stereocenters. The fourth-order valence-electron chi connectivity index (χ4n) is 3.38. The van der Waals surface area contributed by atoms with Gasteiger partial charge in [0.1, 0.15) is 6.04 Å². The second-order valence-electron chi connectivity index (χ2n) is 6.46. The van der Waals surface area contributed by atoms with Crippen LogP contribution in [0.4, 0.5) is 11.4 Å². The second-order valence-corrected chi connectivity index (χ2v) is 6.46. The maximum Gasteiger partial charge on any atom is 0.242 e. The first-order valence-electron chi connectivity index (χ1n) is 8.57. The van der Waals surface area contributed by atoms with Crippen LogP contribution in [0.3, 0.4) is 0 Å². The molecule has 2 unspecified atom stereocenters. The highest BCUT2D eigenvalue weighted by Gasteiger charge is 2.27. The van der Waals surface area contributed by atoms with Gasteiger partial charge in [0.05, 0.1) is 6.04 Å². The van der Waals surface area contributed by atoms with Gasteiger partial charge in [-0.1, -0.05) is 36.4 Å². The highest BCUT2D eigenvalue weighted by molar-refractivity contribution is 5.86. The van der Waals surface area contributed by atoms with Crippen LogP contribution in [0.5, 0.6) is 0 Å². The molecular weight excluding hydrogens is 334 g/mol. The largest absolute Gasteiger partial charge is 0.398 e. The Bertz CT molecular complexity index is 720. The third kappa shape index (κ3) is 4.07. The molecule has 1 heterocycles. The van der Waals surface area contributed by atoms with Crippen molar-refractivity contribution in [1.82, 2.24) is 5.32 Å². The number of fused-ring (bicyclic) bond motifs is 1. The Kier molecular flexibility index (Phi) is 6.32. The third-order valence-corrected chi connectivity index (χ3v) is 4.83. The molecule has 134 valence electrons. The van der Waals surface area contributed by atoms with E-state index < -0.39 is 0 Å². The van der Waals surface area contributed by atoms with Gasteiger partial charge in [0.2, 0.25) is 5.91 Å². The van der Waals surface area contributed by atoms with E-state index in [1.165, 1.54) is 5.56 Å². The summed E-state index contributed by atoms with van der Waals surface area (Å²) in [7, 11) is 0. The number of benzene rings is 2.